The topological polar surface area (TPSA) is 33.7 Å². The number of rotatable bonds is 5. The quantitative estimate of drug-likeness (QED) is 0.833. The van der Waals surface area contributed by atoms with E-state index < -0.39 is 0 Å². The van der Waals surface area contributed by atoms with E-state index in [4.69, 9.17) is 9.47 Å². The van der Waals surface area contributed by atoms with Gasteiger partial charge in [0.15, 0.2) is 0 Å². The molecule has 0 amide bonds. The van der Waals surface area contributed by atoms with Crippen LogP contribution >= 0.6 is 0 Å². The van der Waals surface area contributed by atoms with Gasteiger partial charge in [-0.2, -0.15) is 0 Å². The van der Waals surface area contributed by atoms with E-state index in [2.05, 4.69) is 31.0 Å². The molecule has 0 aromatic heterocycles. The molecule has 2 saturated heterocycles. The Bertz CT molecular complexity index is 330. The number of hydrogen-bond acceptors (Lipinski definition) is 4. The Balaban J connectivity index is 1.41. The van der Waals surface area contributed by atoms with Gasteiger partial charge >= 0.3 is 0 Å². The van der Waals surface area contributed by atoms with Crippen molar-refractivity contribution < 1.29 is 9.47 Å². The van der Waals surface area contributed by atoms with Crippen molar-refractivity contribution in [3.63, 3.8) is 0 Å². The van der Waals surface area contributed by atoms with Gasteiger partial charge in [0.05, 0.1) is 23.9 Å². The molecule has 3 unspecified atom stereocenters. The molecule has 3 rings (SSSR count). The first-order chi connectivity index (χ1) is 9.50. The Morgan fingerprint density at radius 1 is 1.15 bits per heavy atom. The maximum absolute atomic E-state index is 6.20. The third-order valence-corrected chi connectivity index (χ3v) is 4.51. The third-order valence-electron chi connectivity index (χ3n) is 4.51. The monoisotopic (exact) mass is 282 g/mol. The lowest BCUT2D eigenvalue weighted by atomic mass is 10.0. The first-order valence-corrected chi connectivity index (χ1v) is 8.29. The molecule has 3 fully saturated rings. The summed E-state index contributed by atoms with van der Waals surface area (Å²) in [5.41, 5.74) is -0.0246. The number of morpholine rings is 1. The van der Waals surface area contributed by atoms with Crippen molar-refractivity contribution in [2.24, 2.45) is 0 Å². The van der Waals surface area contributed by atoms with Crippen LogP contribution in [0.15, 0.2) is 0 Å². The second kappa shape index (κ2) is 5.91. The van der Waals surface area contributed by atoms with E-state index in [0.717, 1.165) is 32.2 Å². The summed E-state index contributed by atoms with van der Waals surface area (Å²) >= 11 is 0. The fourth-order valence-electron chi connectivity index (χ4n) is 3.66. The van der Waals surface area contributed by atoms with Gasteiger partial charge in [-0.1, -0.05) is 0 Å². The third kappa shape index (κ3) is 4.17. The molecule has 0 spiro atoms. The molecule has 0 aromatic carbocycles. The zero-order valence-corrected chi connectivity index (χ0v) is 13.2. The van der Waals surface area contributed by atoms with E-state index >= 15 is 0 Å². The summed E-state index contributed by atoms with van der Waals surface area (Å²) in [6.07, 6.45) is 6.33. The molecule has 4 heteroatoms. The molecule has 20 heavy (non-hydrogen) atoms. The zero-order chi connectivity index (χ0) is 14.2. The van der Waals surface area contributed by atoms with Gasteiger partial charge in [-0.3, -0.25) is 4.90 Å². The summed E-state index contributed by atoms with van der Waals surface area (Å²) in [7, 11) is 0. The van der Waals surface area contributed by atoms with Crippen LogP contribution in [-0.4, -0.2) is 61.0 Å². The average Bonchev–Trinajstić information content (AvgIpc) is 3.05. The maximum atomic E-state index is 6.20. The van der Waals surface area contributed by atoms with Crippen molar-refractivity contribution in [2.75, 3.05) is 26.2 Å². The van der Waals surface area contributed by atoms with Crippen LogP contribution < -0.4 is 5.32 Å². The lowest BCUT2D eigenvalue weighted by Gasteiger charge is -2.42. The van der Waals surface area contributed by atoms with E-state index in [1.54, 1.807) is 0 Å². The molecular weight excluding hydrogens is 252 g/mol. The Hall–Kier alpha value is -0.160. The molecule has 1 saturated carbocycles. The normalized spacial score (nSPS) is 38.2. The van der Waals surface area contributed by atoms with Crippen molar-refractivity contribution in [2.45, 2.75) is 76.4 Å². The first kappa shape index (κ1) is 14.8. The summed E-state index contributed by atoms with van der Waals surface area (Å²) in [5, 5.41) is 3.58. The molecule has 1 N–H and O–H groups in total. The summed E-state index contributed by atoms with van der Waals surface area (Å²) in [6.45, 7) is 10.7. The molecule has 4 nitrogen and oxygen atoms in total. The zero-order valence-electron chi connectivity index (χ0n) is 13.2. The fourth-order valence-corrected chi connectivity index (χ4v) is 3.66. The van der Waals surface area contributed by atoms with Crippen molar-refractivity contribution in [3.8, 4) is 0 Å². The second-order valence-electron chi connectivity index (χ2n) is 7.52. The molecule has 116 valence electrons. The van der Waals surface area contributed by atoms with Gasteiger partial charge in [-0.05, 0) is 46.5 Å². The summed E-state index contributed by atoms with van der Waals surface area (Å²) in [5.74, 6) is 0. The fraction of sp³-hybridized carbons (Fsp3) is 1.00. The summed E-state index contributed by atoms with van der Waals surface area (Å²) < 4.78 is 12.2. The Kier molecular flexibility index (Phi) is 4.37. The van der Waals surface area contributed by atoms with Gasteiger partial charge in [0.1, 0.15) is 0 Å². The van der Waals surface area contributed by atoms with Crippen molar-refractivity contribution >= 4 is 0 Å². The van der Waals surface area contributed by atoms with Crippen LogP contribution in [-0.2, 0) is 9.47 Å². The number of hydrogen-bond donors (Lipinski definition) is 1. The lowest BCUT2D eigenvalue weighted by molar-refractivity contribution is -0.135. The molecule has 2 aliphatic heterocycles. The minimum absolute atomic E-state index is 0.0246. The first-order valence-electron chi connectivity index (χ1n) is 8.29. The van der Waals surface area contributed by atoms with Gasteiger partial charge in [0, 0.05) is 32.2 Å². The Morgan fingerprint density at radius 2 is 1.90 bits per heavy atom. The molecule has 1 aliphatic carbocycles. The van der Waals surface area contributed by atoms with Crippen LogP contribution in [0.3, 0.4) is 0 Å². The van der Waals surface area contributed by atoms with Crippen LogP contribution in [0, 0.1) is 0 Å². The van der Waals surface area contributed by atoms with E-state index in [9.17, 15) is 0 Å². The molecule has 0 bridgehead atoms. The van der Waals surface area contributed by atoms with E-state index in [-0.39, 0.29) is 5.60 Å². The van der Waals surface area contributed by atoms with Gasteiger partial charge in [-0.15, -0.1) is 0 Å². The van der Waals surface area contributed by atoms with E-state index in [1.807, 2.05) is 0 Å². The van der Waals surface area contributed by atoms with Gasteiger partial charge < -0.3 is 14.8 Å². The molecule has 0 radical (unpaired) electrons. The van der Waals surface area contributed by atoms with Gasteiger partial charge in [-0.25, -0.2) is 0 Å². The lowest BCUT2D eigenvalue weighted by Crippen LogP contribution is -2.53. The Labute approximate surface area is 123 Å². The van der Waals surface area contributed by atoms with Crippen molar-refractivity contribution in [3.05, 3.63) is 0 Å². The smallest absolute Gasteiger partial charge is 0.0757 e. The SMILES string of the molecule is CC1CN(CC2CCC(CNC3CC3)O2)CC(C)(C)O1. The predicted octanol–water partition coefficient (Wildman–Crippen LogP) is 1.79. The van der Waals surface area contributed by atoms with Crippen LogP contribution in [0.2, 0.25) is 0 Å². The summed E-state index contributed by atoms with van der Waals surface area (Å²) in [4.78, 5) is 2.52. The minimum atomic E-state index is -0.0246. The molecule has 0 aromatic rings. The van der Waals surface area contributed by atoms with Crippen molar-refractivity contribution in [1.82, 2.24) is 10.2 Å². The van der Waals surface area contributed by atoms with Gasteiger partial charge in [0.25, 0.3) is 0 Å². The minimum Gasteiger partial charge on any atom is -0.372 e. The largest absolute Gasteiger partial charge is 0.372 e. The van der Waals surface area contributed by atoms with Gasteiger partial charge in [0.2, 0.25) is 0 Å². The predicted molar refractivity (Wildman–Crippen MR) is 80.0 cm³/mol. The number of nitrogens with one attached hydrogen (secondary N) is 1. The van der Waals surface area contributed by atoms with Crippen LogP contribution in [0.5, 0.6) is 0 Å². The second-order valence-corrected chi connectivity index (χ2v) is 7.52. The van der Waals surface area contributed by atoms with Crippen LogP contribution in [0.1, 0.15) is 46.5 Å². The molecule has 3 aliphatic rings. The highest BCUT2D eigenvalue weighted by Crippen LogP contribution is 2.26. The summed E-state index contributed by atoms with van der Waals surface area (Å²) in [6, 6.07) is 0.790. The number of ether oxygens (including phenoxy) is 2. The highest BCUT2D eigenvalue weighted by Gasteiger charge is 2.34. The van der Waals surface area contributed by atoms with Crippen LogP contribution in [0.4, 0.5) is 0 Å². The van der Waals surface area contributed by atoms with Crippen molar-refractivity contribution in [1.29, 1.82) is 0 Å². The molecule has 2 heterocycles. The van der Waals surface area contributed by atoms with Crippen LogP contribution in [0.25, 0.3) is 0 Å². The Morgan fingerprint density at radius 3 is 2.60 bits per heavy atom. The highest BCUT2D eigenvalue weighted by atomic mass is 16.5. The molecule has 3 atom stereocenters. The number of nitrogens with zero attached hydrogens (tertiary/aromatic N) is 1. The maximum Gasteiger partial charge on any atom is 0.0757 e. The van der Waals surface area contributed by atoms with E-state index in [0.29, 0.717) is 18.3 Å². The standard InChI is InChI=1S/C16H30N2O2/c1-12-9-18(11-16(2,3)20-12)10-15-7-6-14(19-15)8-17-13-4-5-13/h12-15,17H,4-11H2,1-3H3. The average molecular weight is 282 g/mol. The highest BCUT2D eigenvalue weighted by molar-refractivity contribution is 4.87. The van der Waals surface area contributed by atoms with E-state index in [1.165, 1.54) is 25.7 Å². The molecular formula is C16H30N2O2.